The molecule has 5 rings (SSSR count). The maximum atomic E-state index is 4.60. The first-order valence-electron chi connectivity index (χ1n) is 8.74. The number of benzene rings is 1. The van der Waals surface area contributed by atoms with Crippen LogP contribution in [0.2, 0.25) is 0 Å². The maximum Gasteiger partial charge on any atom is 0.160 e. The van der Waals surface area contributed by atoms with E-state index in [4.69, 9.17) is 0 Å². The molecule has 0 bridgehead atoms. The fourth-order valence-corrected chi connectivity index (χ4v) is 4.15. The molecule has 1 aromatic carbocycles. The highest BCUT2D eigenvalue weighted by atomic mass is 79.9. The number of piperidine rings is 1. The molecule has 130 valence electrons. The lowest BCUT2D eigenvalue weighted by atomic mass is 9.97. The van der Waals surface area contributed by atoms with Crippen LogP contribution in [0.3, 0.4) is 0 Å². The standard InChI is InChI=1S/C19H17BrN6/c20-14-6-7-16-15(10-14)19(22-12-21-16)25-8-3-4-13(11-25)18-24-23-17-5-1-2-9-26(17)18/h1-2,5-7,9-10,12-13H,3-4,8,11H2. The van der Waals surface area contributed by atoms with Crippen LogP contribution < -0.4 is 4.90 Å². The van der Waals surface area contributed by atoms with Gasteiger partial charge in [0.25, 0.3) is 0 Å². The molecular formula is C19H17BrN6. The van der Waals surface area contributed by atoms with Crippen LogP contribution >= 0.6 is 15.9 Å². The Morgan fingerprint density at radius 1 is 1.08 bits per heavy atom. The Morgan fingerprint density at radius 2 is 2.04 bits per heavy atom. The van der Waals surface area contributed by atoms with Crippen molar-refractivity contribution in [3.8, 4) is 0 Å². The second-order valence-corrected chi connectivity index (χ2v) is 7.55. The number of halogens is 1. The van der Waals surface area contributed by atoms with Gasteiger partial charge in [-0.15, -0.1) is 10.2 Å². The molecule has 26 heavy (non-hydrogen) atoms. The van der Waals surface area contributed by atoms with E-state index >= 15 is 0 Å². The summed E-state index contributed by atoms with van der Waals surface area (Å²) >= 11 is 3.57. The Hall–Kier alpha value is -2.54. The lowest BCUT2D eigenvalue weighted by Crippen LogP contribution is -2.35. The molecule has 1 atom stereocenters. The first-order chi connectivity index (χ1) is 12.8. The van der Waals surface area contributed by atoms with Crippen LogP contribution in [0, 0.1) is 0 Å². The number of nitrogens with zero attached hydrogens (tertiary/aromatic N) is 6. The van der Waals surface area contributed by atoms with Crippen molar-refractivity contribution in [1.82, 2.24) is 24.6 Å². The molecule has 1 saturated heterocycles. The van der Waals surface area contributed by atoms with Crippen LogP contribution in [0.25, 0.3) is 16.6 Å². The summed E-state index contributed by atoms with van der Waals surface area (Å²) in [5.74, 6) is 2.36. The molecular weight excluding hydrogens is 392 g/mol. The smallest absolute Gasteiger partial charge is 0.160 e. The largest absolute Gasteiger partial charge is 0.355 e. The summed E-state index contributed by atoms with van der Waals surface area (Å²) < 4.78 is 3.14. The number of hydrogen-bond donors (Lipinski definition) is 0. The van der Waals surface area contributed by atoms with Gasteiger partial charge >= 0.3 is 0 Å². The average molecular weight is 409 g/mol. The zero-order chi connectivity index (χ0) is 17.5. The van der Waals surface area contributed by atoms with Crippen LogP contribution in [0.1, 0.15) is 24.6 Å². The van der Waals surface area contributed by atoms with E-state index in [2.05, 4.69) is 51.5 Å². The van der Waals surface area contributed by atoms with Gasteiger partial charge in [0.1, 0.15) is 18.0 Å². The highest BCUT2D eigenvalue weighted by molar-refractivity contribution is 9.10. The minimum atomic E-state index is 0.332. The zero-order valence-electron chi connectivity index (χ0n) is 14.1. The van der Waals surface area contributed by atoms with Crippen LogP contribution in [-0.2, 0) is 0 Å². The molecule has 0 amide bonds. The topological polar surface area (TPSA) is 59.2 Å². The normalized spacial score (nSPS) is 17.9. The number of rotatable bonds is 2. The van der Waals surface area contributed by atoms with Crippen molar-refractivity contribution in [1.29, 1.82) is 0 Å². The first kappa shape index (κ1) is 15.7. The molecule has 0 spiro atoms. The van der Waals surface area contributed by atoms with E-state index in [0.29, 0.717) is 5.92 Å². The van der Waals surface area contributed by atoms with E-state index in [1.54, 1.807) is 6.33 Å². The summed E-state index contributed by atoms with van der Waals surface area (Å²) in [5.41, 5.74) is 1.87. The van der Waals surface area contributed by atoms with Crippen molar-refractivity contribution < 1.29 is 0 Å². The molecule has 1 aliphatic heterocycles. The summed E-state index contributed by atoms with van der Waals surface area (Å²) in [7, 11) is 0. The van der Waals surface area contributed by atoms with E-state index in [1.807, 2.05) is 36.5 Å². The van der Waals surface area contributed by atoms with E-state index in [-0.39, 0.29) is 0 Å². The van der Waals surface area contributed by atoms with Gasteiger partial charge in [0.2, 0.25) is 0 Å². The van der Waals surface area contributed by atoms with E-state index in [9.17, 15) is 0 Å². The number of anilines is 1. The van der Waals surface area contributed by atoms with Crippen molar-refractivity contribution in [3.63, 3.8) is 0 Å². The Morgan fingerprint density at radius 3 is 3.00 bits per heavy atom. The summed E-state index contributed by atoms with van der Waals surface area (Å²) in [5, 5.41) is 9.86. The van der Waals surface area contributed by atoms with Crippen LogP contribution in [0.15, 0.2) is 53.4 Å². The first-order valence-corrected chi connectivity index (χ1v) is 9.54. The third-order valence-electron chi connectivity index (χ3n) is 5.00. The molecule has 1 aliphatic rings. The Balaban J connectivity index is 1.53. The summed E-state index contributed by atoms with van der Waals surface area (Å²) in [4.78, 5) is 11.4. The number of pyridine rings is 1. The summed E-state index contributed by atoms with van der Waals surface area (Å²) in [6.45, 7) is 1.88. The van der Waals surface area contributed by atoms with Crippen molar-refractivity contribution in [3.05, 3.63) is 59.2 Å². The van der Waals surface area contributed by atoms with Gasteiger partial charge in [-0.2, -0.15) is 0 Å². The SMILES string of the molecule is Brc1ccc2ncnc(N3CCCC(c4nnc5ccccn45)C3)c2c1. The van der Waals surface area contributed by atoms with Gasteiger partial charge < -0.3 is 4.90 Å². The van der Waals surface area contributed by atoms with Gasteiger partial charge in [0.05, 0.1) is 5.52 Å². The van der Waals surface area contributed by atoms with Crippen LogP contribution in [0.4, 0.5) is 5.82 Å². The van der Waals surface area contributed by atoms with Crippen molar-refractivity contribution in [2.75, 3.05) is 18.0 Å². The second kappa shape index (κ2) is 6.32. The third kappa shape index (κ3) is 2.63. The van der Waals surface area contributed by atoms with Crippen molar-refractivity contribution in [2.24, 2.45) is 0 Å². The molecule has 0 N–H and O–H groups in total. The molecule has 4 heterocycles. The number of fused-ring (bicyclic) bond motifs is 2. The van der Waals surface area contributed by atoms with Gasteiger partial charge in [-0.3, -0.25) is 4.40 Å². The average Bonchev–Trinajstić information content (AvgIpc) is 3.12. The van der Waals surface area contributed by atoms with Gasteiger partial charge in [-0.25, -0.2) is 9.97 Å². The van der Waals surface area contributed by atoms with E-state index in [0.717, 1.165) is 58.6 Å². The second-order valence-electron chi connectivity index (χ2n) is 6.63. The van der Waals surface area contributed by atoms with E-state index in [1.165, 1.54) is 0 Å². The molecule has 0 aliphatic carbocycles. The van der Waals surface area contributed by atoms with E-state index < -0.39 is 0 Å². The number of hydrogen-bond acceptors (Lipinski definition) is 5. The van der Waals surface area contributed by atoms with Crippen molar-refractivity contribution in [2.45, 2.75) is 18.8 Å². The van der Waals surface area contributed by atoms with Crippen LogP contribution in [-0.4, -0.2) is 37.7 Å². The highest BCUT2D eigenvalue weighted by Gasteiger charge is 2.27. The summed E-state index contributed by atoms with van der Waals surface area (Å²) in [6, 6.07) is 12.1. The van der Waals surface area contributed by atoms with Gasteiger partial charge in [0.15, 0.2) is 5.65 Å². The zero-order valence-corrected chi connectivity index (χ0v) is 15.7. The Kier molecular flexibility index (Phi) is 3.81. The quantitative estimate of drug-likeness (QED) is 0.504. The molecule has 3 aromatic heterocycles. The predicted molar refractivity (Wildman–Crippen MR) is 104 cm³/mol. The Bertz CT molecular complexity index is 1090. The highest BCUT2D eigenvalue weighted by Crippen LogP contribution is 2.32. The third-order valence-corrected chi connectivity index (χ3v) is 5.50. The lowest BCUT2D eigenvalue weighted by molar-refractivity contribution is 0.486. The fraction of sp³-hybridized carbons (Fsp3) is 0.263. The van der Waals surface area contributed by atoms with Gasteiger partial charge in [0, 0.05) is 35.1 Å². The minimum Gasteiger partial charge on any atom is -0.355 e. The predicted octanol–water partition coefficient (Wildman–Crippen LogP) is 3.82. The molecule has 7 heteroatoms. The molecule has 1 unspecified atom stereocenters. The Labute approximate surface area is 159 Å². The minimum absolute atomic E-state index is 0.332. The van der Waals surface area contributed by atoms with Crippen molar-refractivity contribution >= 4 is 38.3 Å². The maximum absolute atomic E-state index is 4.60. The number of aromatic nitrogens is 5. The lowest BCUT2D eigenvalue weighted by Gasteiger charge is -2.33. The molecule has 4 aromatic rings. The molecule has 6 nitrogen and oxygen atoms in total. The van der Waals surface area contributed by atoms with Crippen LogP contribution in [0.5, 0.6) is 0 Å². The van der Waals surface area contributed by atoms with Gasteiger partial charge in [-0.1, -0.05) is 22.0 Å². The summed E-state index contributed by atoms with van der Waals surface area (Å²) in [6.07, 6.45) is 5.91. The van der Waals surface area contributed by atoms with Gasteiger partial charge in [-0.05, 0) is 43.2 Å². The molecule has 0 saturated carbocycles. The molecule has 0 radical (unpaired) electrons. The monoisotopic (exact) mass is 408 g/mol. The molecule has 1 fully saturated rings. The fourth-order valence-electron chi connectivity index (χ4n) is 3.79.